The number of hydrogen-bond donors (Lipinski definition) is 1. The minimum Gasteiger partial charge on any atom is -0.352 e. The summed E-state index contributed by atoms with van der Waals surface area (Å²) in [6.07, 6.45) is 5.34. The Labute approximate surface area is 148 Å². The van der Waals surface area contributed by atoms with Crippen molar-refractivity contribution in [2.24, 2.45) is 0 Å². The first kappa shape index (κ1) is 17.9. The molecule has 0 saturated heterocycles. The molecule has 25 heavy (non-hydrogen) atoms. The lowest BCUT2D eigenvalue weighted by Gasteiger charge is -2.28. The Kier molecular flexibility index (Phi) is 5.13. The van der Waals surface area contributed by atoms with Crippen molar-refractivity contribution in [1.82, 2.24) is 10.2 Å². The summed E-state index contributed by atoms with van der Waals surface area (Å²) in [6, 6.07) is 6.66. The van der Waals surface area contributed by atoms with Gasteiger partial charge in [0.15, 0.2) is 0 Å². The van der Waals surface area contributed by atoms with Gasteiger partial charge in [-0.1, -0.05) is 31.0 Å². The molecule has 3 rings (SSSR count). The number of rotatable bonds is 6. The molecule has 2 amide bonds. The molecule has 1 aliphatic carbocycles. The van der Waals surface area contributed by atoms with E-state index in [1.807, 2.05) is 12.1 Å². The molecule has 0 unspecified atom stereocenters. The normalized spacial score (nSPS) is 19.1. The molecule has 7 heteroatoms. The van der Waals surface area contributed by atoms with Gasteiger partial charge in [0, 0.05) is 24.4 Å². The lowest BCUT2D eigenvalue weighted by molar-refractivity contribution is -0.126. The minimum atomic E-state index is -3.21. The van der Waals surface area contributed by atoms with Crippen molar-refractivity contribution in [3.8, 4) is 0 Å². The number of hydrogen-bond acceptors (Lipinski definition) is 4. The van der Waals surface area contributed by atoms with E-state index in [0.29, 0.717) is 12.1 Å². The van der Waals surface area contributed by atoms with Gasteiger partial charge in [0.25, 0.3) is 5.91 Å². The molecular weight excluding hydrogens is 340 g/mol. The third-order valence-electron chi connectivity index (χ3n) is 4.99. The van der Waals surface area contributed by atoms with Crippen molar-refractivity contribution in [3.05, 3.63) is 35.4 Å². The van der Waals surface area contributed by atoms with Crippen LogP contribution >= 0.6 is 0 Å². The lowest BCUT2D eigenvalue weighted by Crippen LogP contribution is -2.50. The predicted octanol–water partition coefficient (Wildman–Crippen LogP) is 1.50. The molecule has 0 bridgehead atoms. The first-order valence-electron chi connectivity index (χ1n) is 8.72. The van der Waals surface area contributed by atoms with Gasteiger partial charge in [0.05, 0.1) is 5.75 Å². The van der Waals surface area contributed by atoms with E-state index >= 15 is 0 Å². The van der Waals surface area contributed by atoms with Crippen LogP contribution in [-0.2, 0) is 21.2 Å². The van der Waals surface area contributed by atoms with Gasteiger partial charge in [-0.2, -0.15) is 0 Å². The van der Waals surface area contributed by atoms with Crippen LogP contribution in [0.5, 0.6) is 0 Å². The molecule has 2 aliphatic rings. The smallest absolute Gasteiger partial charge is 0.255 e. The number of nitrogens with zero attached hydrogens (tertiary/aromatic N) is 1. The van der Waals surface area contributed by atoms with E-state index in [-0.39, 0.29) is 30.0 Å². The van der Waals surface area contributed by atoms with Gasteiger partial charge in [-0.15, -0.1) is 0 Å². The molecule has 1 aromatic carbocycles. The van der Waals surface area contributed by atoms with Crippen LogP contribution in [0.4, 0.5) is 0 Å². The molecule has 0 spiro atoms. The van der Waals surface area contributed by atoms with Gasteiger partial charge in [-0.25, -0.2) is 8.42 Å². The van der Waals surface area contributed by atoms with E-state index in [1.54, 1.807) is 12.1 Å². The highest BCUT2D eigenvalue weighted by Gasteiger charge is 2.37. The van der Waals surface area contributed by atoms with Crippen molar-refractivity contribution >= 4 is 21.7 Å². The van der Waals surface area contributed by atoms with Crippen molar-refractivity contribution in [1.29, 1.82) is 0 Å². The standard InChI is InChI=1S/C18H24N2O4S/c1-25(23,24)11-10-16(17(21)19-14-7-3-4-8-14)20-12-13-6-2-5-9-15(13)18(20)22/h2,5-6,9,14,16H,3-4,7-8,10-12H2,1H3,(H,19,21)/t16-/m0/s1. The van der Waals surface area contributed by atoms with Crippen molar-refractivity contribution < 1.29 is 18.0 Å². The zero-order valence-electron chi connectivity index (χ0n) is 14.4. The second kappa shape index (κ2) is 7.15. The summed E-state index contributed by atoms with van der Waals surface area (Å²) in [5.74, 6) is -0.553. The Hall–Kier alpha value is -1.89. The van der Waals surface area contributed by atoms with Crippen LogP contribution in [0.25, 0.3) is 0 Å². The Morgan fingerprint density at radius 3 is 2.60 bits per heavy atom. The van der Waals surface area contributed by atoms with E-state index < -0.39 is 15.9 Å². The highest BCUT2D eigenvalue weighted by atomic mass is 32.2. The van der Waals surface area contributed by atoms with Gasteiger partial charge >= 0.3 is 0 Å². The van der Waals surface area contributed by atoms with Crippen LogP contribution < -0.4 is 5.32 Å². The maximum atomic E-state index is 12.8. The first-order valence-corrected chi connectivity index (χ1v) is 10.8. The van der Waals surface area contributed by atoms with Crippen molar-refractivity contribution in [2.45, 2.75) is 50.7 Å². The Balaban J connectivity index is 1.78. The van der Waals surface area contributed by atoms with Crippen LogP contribution in [0.15, 0.2) is 24.3 Å². The van der Waals surface area contributed by atoms with Gasteiger partial charge < -0.3 is 10.2 Å². The van der Waals surface area contributed by atoms with Crippen LogP contribution in [-0.4, -0.2) is 49.2 Å². The number of carbonyl (C=O) groups excluding carboxylic acids is 2. The monoisotopic (exact) mass is 364 g/mol. The second-order valence-corrected chi connectivity index (χ2v) is 9.27. The van der Waals surface area contributed by atoms with Gasteiger partial charge in [-0.05, 0) is 30.9 Å². The molecule has 1 heterocycles. The molecule has 0 radical (unpaired) electrons. The molecule has 1 N–H and O–H groups in total. The molecule has 6 nitrogen and oxygen atoms in total. The number of amides is 2. The fraction of sp³-hybridized carbons (Fsp3) is 0.556. The molecule has 1 atom stereocenters. The molecule has 1 saturated carbocycles. The summed E-state index contributed by atoms with van der Waals surface area (Å²) < 4.78 is 23.2. The topological polar surface area (TPSA) is 83.6 Å². The number of nitrogens with one attached hydrogen (secondary N) is 1. The van der Waals surface area contributed by atoms with E-state index in [9.17, 15) is 18.0 Å². The van der Waals surface area contributed by atoms with Gasteiger partial charge in [-0.3, -0.25) is 9.59 Å². The Bertz CT molecular complexity index is 769. The van der Waals surface area contributed by atoms with E-state index in [0.717, 1.165) is 37.5 Å². The number of sulfone groups is 1. The molecule has 1 aliphatic heterocycles. The van der Waals surface area contributed by atoms with Crippen molar-refractivity contribution in [2.75, 3.05) is 12.0 Å². The van der Waals surface area contributed by atoms with E-state index in [2.05, 4.69) is 5.32 Å². The van der Waals surface area contributed by atoms with Crippen LogP contribution in [0.3, 0.4) is 0 Å². The van der Waals surface area contributed by atoms with E-state index in [4.69, 9.17) is 0 Å². The zero-order chi connectivity index (χ0) is 18.0. The average Bonchev–Trinajstić information content (AvgIpc) is 3.16. The molecule has 0 aromatic heterocycles. The molecular formula is C18H24N2O4S. The summed E-state index contributed by atoms with van der Waals surface area (Å²) in [4.78, 5) is 27.0. The lowest BCUT2D eigenvalue weighted by atomic mass is 10.1. The maximum Gasteiger partial charge on any atom is 0.255 e. The fourth-order valence-electron chi connectivity index (χ4n) is 3.65. The summed E-state index contributed by atoms with van der Waals surface area (Å²) in [7, 11) is -3.21. The summed E-state index contributed by atoms with van der Waals surface area (Å²) in [5.41, 5.74) is 1.48. The fourth-order valence-corrected chi connectivity index (χ4v) is 4.30. The van der Waals surface area contributed by atoms with Gasteiger partial charge in [0.1, 0.15) is 15.9 Å². The first-order chi connectivity index (χ1) is 11.8. The van der Waals surface area contributed by atoms with Crippen LogP contribution in [0, 0.1) is 0 Å². The third kappa shape index (κ3) is 4.21. The Morgan fingerprint density at radius 1 is 1.28 bits per heavy atom. The maximum absolute atomic E-state index is 12.8. The largest absolute Gasteiger partial charge is 0.352 e. The number of fused-ring (bicyclic) bond motifs is 1. The SMILES string of the molecule is CS(=O)(=O)CC[C@@H](C(=O)NC1CCCC1)N1Cc2ccccc2C1=O. The summed E-state index contributed by atoms with van der Waals surface area (Å²) in [5, 5.41) is 3.01. The molecule has 1 aromatic rings. The molecule has 1 fully saturated rings. The number of carbonyl (C=O) groups is 2. The zero-order valence-corrected chi connectivity index (χ0v) is 15.2. The van der Waals surface area contributed by atoms with Gasteiger partial charge in [0.2, 0.25) is 5.91 Å². The summed E-state index contributed by atoms with van der Waals surface area (Å²) in [6.45, 7) is 0.349. The van der Waals surface area contributed by atoms with E-state index in [1.165, 1.54) is 4.90 Å². The predicted molar refractivity (Wildman–Crippen MR) is 94.8 cm³/mol. The second-order valence-electron chi connectivity index (χ2n) is 7.01. The minimum absolute atomic E-state index is 0.115. The van der Waals surface area contributed by atoms with Crippen LogP contribution in [0.1, 0.15) is 48.0 Å². The third-order valence-corrected chi connectivity index (χ3v) is 5.97. The highest BCUT2D eigenvalue weighted by Crippen LogP contribution is 2.26. The van der Waals surface area contributed by atoms with Crippen LogP contribution in [0.2, 0.25) is 0 Å². The quantitative estimate of drug-likeness (QED) is 0.829. The highest BCUT2D eigenvalue weighted by molar-refractivity contribution is 7.90. The molecule has 136 valence electrons. The Morgan fingerprint density at radius 2 is 1.96 bits per heavy atom. The van der Waals surface area contributed by atoms with Crippen molar-refractivity contribution in [3.63, 3.8) is 0 Å². The average molecular weight is 364 g/mol. The summed E-state index contributed by atoms with van der Waals surface area (Å²) >= 11 is 0. The number of benzene rings is 1.